The van der Waals surface area contributed by atoms with Crippen LogP contribution in [0.25, 0.3) is 16.0 Å². The normalized spacial score (nSPS) is 17.3. The van der Waals surface area contributed by atoms with E-state index in [1.807, 2.05) is 38.1 Å². The largest absolute Gasteiger partial charge is 0.507 e. The Hall–Kier alpha value is -4.04. The van der Waals surface area contributed by atoms with Crippen molar-refractivity contribution in [3.8, 4) is 5.75 Å². The summed E-state index contributed by atoms with van der Waals surface area (Å²) < 4.78 is 19.8. The third-order valence-electron chi connectivity index (χ3n) is 5.82. The van der Waals surface area contributed by atoms with Crippen molar-refractivity contribution in [2.45, 2.75) is 19.9 Å². The fourth-order valence-electron chi connectivity index (χ4n) is 4.11. The molecule has 1 saturated heterocycles. The SMILES string of the molecule is CCOc1ccc(/C(O)=C2\C(=O)C(=O)N(c3nc4ccc(F)cc4s3)[C@H]2c2ccc(C)cc2)cc1. The monoisotopic (exact) mass is 488 g/mol. The average molecular weight is 489 g/mol. The number of aryl methyl sites for hydroxylation is 1. The number of aliphatic hydroxyl groups excluding tert-OH is 1. The highest BCUT2D eigenvalue weighted by Gasteiger charge is 2.48. The number of aliphatic hydroxyl groups is 1. The van der Waals surface area contributed by atoms with Crippen LogP contribution < -0.4 is 9.64 Å². The molecule has 1 N–H and O–H groups in total. The van der Waals surface area contributed by atoms with E-state index in [1.54, 1.807) is 24.3 Å². The lowest BCUT2D eigenvalue weighted by atomic mass is 9.95. The van der Waals surface area contributed by atoms with E-state index in [9.17, 15) is 19.1 Å². The number of amides is 1. The van der Waals surface area contributed by atoms with Crippen molar-refractivity contribution in [1.29, 1.82) is 0 Å². The van der Waals surface area contributed by atoms with Gasteiger partial charge in [-0.3, -0.25) is 14.5 Å². The molecule has 0 bridgehead atoms. The second kappa shape index (κ2) is 8.96. The first-order valence-electron chi connectivity index (χ1n) is 11.0. The molecule has 0 aliphatic carbocycles. The molecule has 1 aliphatic heterocycles. The van der Waals surface area contributed by atoms with Crippen LogP contribution in [0.3, 0.4) is 0 Å². The quantitative estimate of drug-likeness (QED) is 0.219. The molecular formula is C27H21FN2O4S. The molecular weight excluding hydrogens is 467 g/mol. The van der Waals surface area contributed by atoms with Crippen LogP contribution in [0.5, 0.6) is 5.75 Å². The highest BCUT2D eigenvalue weighted by Crippen LogP contribution is 2.44. The smallest absolute Gasteiger partial charge is 0.301 e. The molecule has 0 spiro atoms. The number of ketones is 1. The van der Waals surface area contributed by atoms with Crippen molar-refractivity contribution in [2.24, 2.45) is 0 Å². The molecule has 0 unspecified atom stereocenters. The zero-order chi connectivity index (χ0) is 24.7. The summed E-state index contributed by atoms with van der Waals surface area (Å²) in [5, 5.41) is 11.5. The minimum atomic E-state index is -0.896. The standard InChI is InChI=1S/C27H21FN2O4S/c1-3-34-19-11-8-17(9-12-19)24(31)22-23(16-6-4-15(2)5-7-16)30(26(33)25(22)32)27-29-20-13-10-18(28)14-21(20)35-27/h4-14,23,31H,3H2,1-2H3/b24-22+/t23-/m0/s1. The number of nitrogens with zero attached hydrogens (tertiary/aromatic N) is 2. The summed E-state index contributed by atoms with van der Waals surface area (Å²) in [7, 11) is 0. The fourth-order valence-corrected chi connectivity index (χ4v) is 5.13. The van der Waals surface area contributed by atoms with Crippen LogP contribution >= 0.6 is 11.3 Å². The Morgan fingerprint density at radius 2 is 1.80 bits per heavy atom. The molecule has 5 rings (SSSR count). The van der Waals surface area contributed by atoms with Gasteiger partial charge < -0.3 is 9.84 Å². The van der Waals surface area contributed by atoms with E-state index >= 15 is 0 Å². The maximum absolute atomic E-state index is 13.8. The van der Waals surface area contributed by atoms with Gasteiger partial charge in [0.25, 0.3) is 5.78 Å². The van der Waals surface area contributed by atoms with Crippen molar-refractivity contribution in [2.75, 3.05) is 11.5 Å². The molecule has 176 valence electrons. The first-order chi connectivity index (χ1) is 16.9. The molecule has 3 aromatic carbocycles. The number of hydrogen-bond acceptors (Lipinski definition) is 6. The Kier molecular flexibility index (Phi) is 5.82. The summed E-state index contributed by atoms with van der Waals surface area (Å²) in [5.74, 6) is -1.69. The van der Waals surface area contributed by atoms with Crippen LogP contribution in [0.4, 0.5) is 9.52 Å². The van der Waals surface area contributed by atoms with E-state index in [0.717, 1.165) is 16.9 Å². The third kappa shape index (κ3) is 4.06. The highest BCUT2D eigenvalue weighted by molar-refractivity contribution is 7.22. The van der Waals surface area contributed by atoms with E-state index in [-0.39, 0.29) is 16.5 Å². The number of fused-ring (bicyclic) bond motifs is 1. The summed E-state index contributed by atoms with van der Waals surface area (Å²) in [6.45, 7) is 4.30. The Morgan fingerprint density at radius 1 is 1.09 bits per heavy atom. The zero-order valence-corrected chi connectivity index (χ0v) is 19.8. The van der Waals surface area contributed by atoms with Crippen molar-refractivity contribution in [3.05, 3.63) is 94.8 Å². The molecule has 1 atom stereocenters. The molecule has 1 aliphatic rings. The second-order valence-electron chi connectivity index (χ2n) is 8.15. The average Bonchev–Trinajstić information content (AvgIpc) is 3.37. The number of halogens is 1. The van der Waals surface area contributed by atoms with Gasteiger partial charge >= 0.3 is 5.91 Å². The summed E-state index contributed by atoms with van der Waals surface area (Å²) in [4.78, 5) is 32.3. The second-order valence-corrected chi connectivity index (χ2v) is 9.15. The molecule has 0 saturated carbocycles. The highest BCUT2D eigenvalue weighted by atomic mass is 32.1. The number of rotatable bonds is 5. The van der Waals surface area contributed by atoms with Gasteiger partial charge in [-0.05, 0) is 61.9 Å². The number of aromatic nitrogens is 1. The molecule has 1 fully saturated rings. The van der Waals surface area contributed by atoms with Gasteiger partial charge in [-0.1, -0.05) is 41.2 Å². The molecule has 2 heterocycles. The lowest BCUT2D eigenvalue weighted by Crippen LogP contribution is -2.29. The molecule has 8 heteroatoms. The molecule has 6 nitrogen and oxygen atoms in total. The van der Waals surface area contributed by atoms with E-state index in [0.29, 0.717) is 33.7 Å². The molecule has 0 radical (unpaired) electrons. The maximum atomic E-state index is 13.8. The van der Waals surface area contributed by atoms with E-state index in [2.05, 4.69) is 4.98 Å². The predicted molar refractivity (Wildman–Crippen MR) is 133 cm³/mol. The van der Waals surface area contributed by atoms with Crippen LogP contribution in [0.2, 0.25) is 0 Å². The van der Waals surface area contributed by atoms with Gasteiger partial charge in [-0.2, -0.15) is 0 Å². The number of ether oxygens (including phenoxy) is 1. The van der Waals surface area contributed by atoms with Gasteiger partial charge in [0.1, 0.15) is 17.3 Å². The van der Waals surface area contributed by atoms with Crippen LogP contribution in [0, 0.1) is 12.7 Å². The number of carbonyl (C=O) groups excluding carboxylic acids is 2. The first kappa shape index (κ1) is 22.7. The van der Waals surface area contributed by atoms with Crippen molar-refractivity contribution >= 4 is 44.1 Å². The molecule has 4 aromatic rings. The topological polar surface area (TPSA) is 79.7 Å². The number of Topliss-reactive ketones (excluding diaryl/α,β-unsaturated/α-hetero) is 1. The van der Waals surface area contributed by atoms with Crippen LogP contribution in [0.1, 0.15) is 29.7 Å². The predicted octanol–water partition coefficient (Wildman–Crippen LogP) is 5.77. The Bertz CT molecular complexity index is 1480. The van der Waals surface area contributed by atoms with Crippen molar-refractivity contribution in [3.63, 3.8) is 0 Å². The van der Waals surface area contributed by atoms with Gasteiger partial charge in [-0.25, -0.2) is 9.37 Å². The van der Waals surface area contributed by atoms with E-state index < -0.39 is 23.5 Å². The van der Waals surface area contributed by atoms with Gasteiger partial charge in [0, 0.05) is 5.56 Å². The van der Waals surface area contributed by atoms with Gasteiger partial charge in [-0.15, -0.1) is 0 Å². The third-order valence-corrected chi connectivity index (χ3v) is 6.84. The number of carbonyl (C=O) groups is 2. The summed E-state index contributed by atoms with van der Waals surface area (Å²) >= 11 is 1.11. The van der Waals surface area contributed by atoms with Gasteiger partial charge in [0.05, 0.1) is 28.4 Å². The van der Waals surface area contributed by atoms with Gasteiger partial charge in [0.2, 0.25) is 0 Å². The van der Waals surface area contributed by atoms with Crippen molar-refractivity contribution in [1.82, 2.24) is 4.98 Å². The summed E-state index contributed by atoms with van der Waals surface area (Å²) in [6, 6.07) is 17.3. The molecule has 1 aromatic heterocycles. The van der Waals surface area contributed by atoms with E-state index in [1.165, 1.54) is 23.1 Å². The minimum absolute atomic E-state index is 0.0338. The summed E-state index contributed by atoms with van der Waals surface area (Å²) in [5.41, 5.74) is 2.52. The van der Waals surface area contributed by atoms with E-state index in [4.69, 9.17) is 4.74 Å². The number of hydrogen-bond donors (Lipinski definition) is 1. The number of benzene rings is 3. The van der Waals surface area contributed by atoms with Crippen molar-refractivity contribution < 1.29 is 23.8 Å². The number of thiazole rings is 1. The van der Waals surface area contributed by atoms with Crippen LogP contribution in [-0.2, 0) is 9.59 Å². The van der Waals surface area contributed by atoms with Gasteiger partial charge in [0.15, 0.2) is 5.13 Å². The van der Waals surface area contributed by atoms with Crippen LogP contribution in [-0.4, -0.2) is 28.4 Å². The molecule has 35 heavy (non-hydrogen) atoms. The molecule has 1 amide bonds. The zero-order valence-electron chi connectivity index (χ0n) is 19.0. The lowest BCUT2D eigenvalue weighted by molar-refractivity contribution is -0.132. The first-order valence-corrected chi connectivity index (χ1v) is 11.9. The maximum Gasteiger partial charge on any atom is 0.301 e. The Morgan fingerprint density at radius 3 is 2.49 bits per heavy atom. The lowest BCUT2D eigenvalue weighted by Gasteiger charge is -2.23. The Balaban J connectivity index is 1.68. The minimum Gasteiger partial charge on any atom is -0.507 e. The van der Waals surface area contributed by atoms with Crippen LogP contribution in [0.15, 0.2) is 72.3 Å². The Labute approximate surface area is 204 Å². The summed E-state index contributed by atoms with van der Waals surface area (Å²) in [6.07, 6.45) is 0. The fraction of sp³-hybridized carbons (Fsp3) is 0.148. The number of anilines is 1.